The van der Waals surface area contributed by atoms with Crippen LogP contribution in [0.4, 0.5) is 10.2 Å². The van der Waals surface area contributed by atoms with Gasteiger partial charge in [0.25, 0.3) is 0 Å². The third-order valence-corrected chi connectivity index (χ3v) is 3.95. The number of anilines is 1. The minimum absolute atomic E-state index is 0.0713. The lowest BCUT2D eigenvalue weighted by Crippen LogP contribution is -2.50. The van der Waals surface area contributed by atoms with E-state index < -0.39 is 0 Å². The van der Waals surface area contributed by atoms with Gasteiger partial charge in [0.05, 0.1) is 5.69 Å². The average molecular weight is 294 g/mol. The lowest BCUT2D eigenvalue weighted by Gasteiger charge is -2.38. The summed E-state index contributed by atoms with van der Waals surface area (Å²) in [5, 5.41) is 3.53. The summed E-state index contributed by atoms with van der Waals surface area (Å²) in [6, 6.07) is 0.298. The molecule has 1 saturated heterocycles. The van der Waals surface area contributed by atoms with E-state index in [1.807, 2.05) is 6.92 Å². The maximum absolute atomic E-state index is 14.5. The van der Waals surface area contributed by atoms with Gasteiger partial charge in [-0.3, -0.25) is 0 Å². The van der Waals surface area contributed by atoms with Crippen molar-refractivity contribution in [3.63, 3.8) is 0 Å². The standard InChI is InChI=1S/C16H27FN4/c1-5-13-14(17)15(19-11-18-13)21-9-7-6-8-12(21)10-20-16(2,3)4/h11-12,20H,5-10H2,1-4H3. The molecule has 1 aromatic heterocycles. The highest BCUT2D eigenvalue weighted by atomic mass is 19.1. The van der Waals surface area contributed by atoms with E-state index in [0.29, 0.717) is 24.0 Å². The molecule has 1 N–H and O–H groups in total. The van der Waals surface area contributed by atoms with Gasteiger partial charge in [-0.2, -0.15) is 0 Å². The Morgan fingerprint density at radius 1 is 1.33 bits per heavy atom. The summed E-state index contributed by atoms with van der Waals surface area (Å²) in [7, 11) is 0. The molecule has 1 atom stereocenters. The van der Waals surface area contributed by atoms with Crippen LogP contribution in [-0.2, 0) is 6.42 Å². The second-order valence-corrected chi connectivity index (χ2v) is 6.79. The molecule has 0 aromatic carbocycles. The first-order valence-electron chi connectivity index (χ1n) is 7.93. The van der Waals surface area contributed by atoms with Crippen molar-refractivity contribution < 1.29 is 4.39 Å². The molecule has 1 aromatic rings. The smallest absolute Gasteiger partial charge is 0.187 e. The van der Waals surface area contributed by atoms with Crippen molar-refractivity contribution in [2.75, 3.05) is 18.0 Å². The molecule has 21 heavy (non-hydrogen) atoms. The van der Waals surface area contributed by atoms with Crippen LogP contribution in [0.3, 0.4) is 0 Å². The molecular formula is C16H27FN4. The molecule has 0 radical (unpaired) electrons. The van der Waals surface area contributed by atoms with Gasteiger partial charge in [-0.1, -0.05) is 6.92 Å². The topological polar surface area (TPSA) is 41.1 Å². The quantitative estimate of drug-likeness (QED) is 0.927. The first-order valence-corrected chi connectivity index (χ1v) is 7.93. The maximum atomic E-state index is 14.5. The highest BCUT2D eigenvalue weighted by Gasteiger charge is 2.27. The van der Waals surface area contributed by atoms with Crippen LogP contribution in [0.2, 0.25) is 0 Å². The minimum Gasteiger partial charge on any atom is -0.350 e. The zero-order chi connectivity index (χ0) is 15.5. The lowest BCUT2D eigenvalue weighted by molar-refractivity contribution is 0.363. The van der Waals surface area contributed by atoms with Gasteiger partial charge in [0, 0.05) is 24.7 Å². The van der Waals surface area contributed by atoms with Crippen LogP contribution < -0.4 is 10.2 Å². The number of aryl methyl sites for hydroxylation is 1. The van der Waals surface area contributed by atoms with Crippen LogP contribution >= 0.6 is 0 Å². The van der Waals surface area contributed by atoms with Gasteiger partial charge in [0.15, 0.2) is 11.6 Å². The third kappa shape index (κ3) is 4.13. The minimum atomic E-state index is -0.248. The number of rotatable bonds is 4. The van der Waals surface area contributed by atoms with E-state index in [0.717, 1.165) is 25.9 Å². The third-order valence-electron chi connectivity index (χ3n) is 3.95. The molecular weight excluding hydrogens is 267 g/mol. The van der Waals surface area contributed by atoms with Crippen molar-refractivity contribution in [2.24, 2.45) is 0 Å². The Morgan fingerprint density at radius 3 is 2.76 bits per heavy atom. The number of piperidine rings is 1. The summed E-state index contributed by atoms with van der Waals surface area (Å²) in [5.74, 6) is 0.227. The molecule has 0 bridgehead atoms. The molecule has 1 aliphatic heterocycles. The zero-order valence-electron chi connectivity index (χ0n) is 13.6. The Labute approximate surface area is 127 Å². The van der Waals surface area contributed by atoms with Crippen LogP contribution in [0.25, 0.3) is 0 Å². The fraction of sp³-hybridized carbons (Fsp3) is 0.750. The Balaban J connectivity index is 2.18. The van der Waals surface area contributed by atoms with Crippen LogP contribution in [0.5, 0.6) is 0 Å². The van der Waals surface area contributed by atoms with E-state index in [1.54, 1.807) is 0 Å². The van der Waals surface area contributed by atoms with Crippen LogP contribution in [0.15, 0.2) is 6.33 Å². The summed E-state index contributed by atoms with van der Waals surface area (Å²) in [4.78, 5) is 10.4. The van der Waals surface area contributed by atoms with E-state index >= 15 is 0 Å². The van der Waals surface area contributed by atoms with Crippen molar-refractivity contribution in [2.45, 2.75) is 65.0 Å². The first kappa shape index (κ1) is 16.1. The molecule has 4 nitrogen and oxygen atoms in total. The van der Waals surface area contributed by atoms with E-state index in [9.17, 15) is 4.39 Å². The van der Waals surface area contributed by atoms with Crippen LogP contribution in [-0.4, -0.2) is 34.6 Å². The van der Waals surface area contributed by atoms with Crippen molar-refractivity contribution in [3.05, 3.63) is 17.8 Å². The monoisotopic (exact) mass is 294 g/mol. The summed E-state index contributed by atoms with van der Waals surface area (Å²) < 4.78 is 14.5. The zero-order valence-corrected chi connectivity index (χ0v) is 13.6. The van der Waals surface area contributed by atoms with Crippen molar-refractivity contribution in [1.29, 1.82) is 0 Å². The molecule has 1 unspecified atom stereocenters. The van der Waals surface area contributed by atoms with Crippen molar-refractivity contribution in [1.82, 2.24) is 15.3 Å². The van der Waals surface area contributed by atoms with Crippen LogP contribution in [0.1, 0.15) is 52.7 Å². The predicted molar refractivity (Wildman–Crippen MR) is 84.1 cm³/mol. The SMILES string of the molecule is CCc1ncnc(N2CCCCC2CNC(C)(C)C)c1F. The summed E-state index contributed by atoms with van der Waals surface area (Å²) in [6.45, 7) is 10.1. The van der Waals surface area contributed by atoms with Gasteiger partial charge in [-0.05, 0) is 46.5 Å². The van der Waals surface area contributed by atoms with Gasteiger partial charge in [0.2, 0.25) is 0 Å². The average Bonchev–Trinajstić information content (AvgIpc) is 2.45. The van der Waals surface area contributed by atoms with Crippen LogP contribution in [0, 0.1) is 5.82 Å². The number of nitrogens with zero attached hydrogens (tertiary/aromatic N) is 3. The molecule has 118 valence electrons. The van der Waals surface area contributed by atoms with Gasteiger partial charge in [-0.25, -0.2) is 14.4 Å². The second kappa shape index (κ2) is 6.69. The van der Waals surface area contributed by atoms with Gasteiger partial charge >= 0.3 is 0 Å². The number of halogens is 1. The fourth-order valence-corrected chi connectivity index (χ4v) is 2.76. The molecule has 0 aliphatic carbocycles. The number of hydrogen-bond donors (Lipinski definition) is 1. The molecule has 1 aliphatic rings. The Bertz CT molecular complexity index is 470. The molecule has 0 spiro atoms. The number of nitrogens with one attached hydrogen (secondary N) is 1. The normalized spacial score (nSPS) is 19.9. The van der Waals surface area contributed by atoms with E-state index in [2.05, 4.69) is 41.0 Å². The van der Waals surface area contributed by atoms with E-state index in [-0.39, 0.29) is 11.4 Å². The highest BCUT2D eigenvalue weighted by molar-refractivity contribution is 5.43. The Kier molecular flexibility index (Phi) is 5.14. The number of hydrogen-bond acceptors (Lipinski definition) is 4. The number of aromatic nitrogens is 2. The fourth-order valence-electron chi connectivity index (χ4n) is 2.76. The maximum Gasteiger partial charge on any atom is 0.187 e. The summed E-state index contributed by atoms with van der Waals surface area (Å²) >= 11 is 0. The molecule has 5 heteroatoms. The Hall–Kier alpha value is -1.23. The first-order chi connectivity index (χ1) is 9.92. The molecule has 1 fully saturated rings. The second-order valence-electron chi connectivity index (χ2n) is 6.79. The summed E-state index contributed by atoms with van der Waals surface area (Å²) in [6.07, 6.45) is 5.45. The van der Waals surface area contributed by atoms with Crippen molar-refractivity contribution >= 4 is 5.82 Å². The van der Waals surface area contributed by atoms with E-state index in [1.165, 1.54) is 12.7 Å². The van der Waals surface area contributed by atoms with Gasteiger partial charge in [-0.15, -0.1) is 0 Å². The molecule has 0 saturated carbocycles. The largest absolute Gasteiger partial charge is 0.350 e. The molecule has 2 rings (SSSR count). The molecule has 2 heterocycles. The highest BCUT2D eigenvalue weighted by Crippen LogP contribution is 2.26. The van der Waals surface area contributed by atoms with Crippen molar-refractivity contribution in [3.8, 4) is 0 Å². The van der Waals surface area contributed by atoms with E-state index in [4.69, 9.17) is 0 Å². The predicted octanol–water partition coefficient (Wildman–Crippen LogP) is 2.93. The van der Waals surface area contributed by atoms with Gasteiger partial charge in [0.1, 0.15) is 6.33 Å². The lowest BCUT2D eigenvalue weighted by atomic mass is 10.00. The summed E-state index contributed by atoms with van der Waals surface area (Å²) in [5.41, 5.74) is 0.579. The molecule has 0 amide bonds. The Morgan fingerprint density at radius 2 is 2.10 bits per heavy atom. The van der Waals surface area contributed by atoms with Gasteiger partial charge < -0.3 is 10.2 Å².